The molecule has 1 aliphatic carbocycles. The maximum Gasteiger partial charge on any atom is 0.134 e. The Morgan fingerprint density at radius 2 is 2.10 bits per heavy atom. The van der Waals surface area contributed by atoms with Crippen LogP contribution in [-0.4, -0.2) is 0 Å². The van der Waals surface area contributed by atoms with Crippen LogP contribution in [0.4, 0.5) is 0 Å². The molecule has 1 fully saturated rings. The number of nitrogens with two attached hydrogens (primary N) is 1. The molecule has 0 amide bonds. The molecule has 3 heteroatoms. The van der Waals surface area contributed by atoms with Crippen LogP contribution in [-0.2, 0) is 0 Å². The largest absolute Gasteiger partial charge is 0.459 e. The van der Waals surface area contributed by atoms with Gasteiger partial charge in [-0.15, -0.1) is 0 Å². The molecule has 0 spiro atoms. The smallest absolute Gasteiger partial charge is 0.134 e. The third-order valence-electron chi connectivity index (χ3n) is 5.10. The van der Waals surface area contributed by atoms with Gasteiger partial charge >= 0.3 is 0 Å². The topological polar surface area (TPSA) is 51.2 Å². The number of benzene rings is 1. The lowest BCUT2D eigenvalue weighted by molar-refractivity contribution is 0.163. The monoisotopic (exact) mass is 286 g/mol. The Bertz CT molecular complexity index is 604. The van der Waals surface area contributed by atoms with E-state index in [1.165, 1.54) is 43.1 Å². The van der Waals surface area contributed by atoms with E-state index in [4.69, 9.17) is 10.3 Å². The van der Waals surface area contributed by atoms with E-state index in [1.54, 1.807) is 0 Å². The molecule has 1 aromatic heterocycles. The quantitative estimate of drug-likeness (QED) is 0.644. The van der Waals surface area contributed by atoms with Crippen LogP contribution in [0.2, 0.25) is 0 Å². The Morgan fingerprint density at radius 1 is 1.29 bits per heavy atom. The van der Waals surface area contributed by atoms with Crippen molar-refractivity contribution in [3.8, 4) is 0 Å². The molecular weight excluding hydrogens is 260 g/mol. The summed E-state index contributed by atoms with van der Waals surface area (Å²) in [5.41, 5.74) is 5.25. The molecule has 0 bridgehead atoms. The van der Waals surface area contributed by atoms with Gasteiger partial charge < -0.3 is 4.42 Å². The average molecular weight is 286 g/mol. The van der Waals surface area contributed by atoms with Crippen LogP contribution >= 0.6 is 0 Å². The lowest BCUT2D eigenvalue weighted by atomic mass is 9.73. The van der Waals surface area contributed by atoms with Crippen molar-refractivity contribution in [3.05, 3.63) is 35.6 Å². The molecule has 3 unspecified atom stereocenters. The Labute approximate surface area is 126 Å². The van der Waals surface area contributed by atoms with Crippen molar-refractivity contribution in [2.45, 2.75) is 52.0 Å². The number of nitrogens with one attached hydrogen (secondary N) is 1. The van der Waals surface area contributed by atoms with Gasteiger partial charge in [0.25, 0.3) is 0 Å². The minimum atomic E-state index is 0.128. The first-order valence-electron chi connectivity index (χ1n) is 8.19. The maximum atomic E-state index is 6.08. The summed E-state index contributed by atoms with van der Waals surface area (Å²) < 4.78 is 6.08. The van der Waals surface area contributed by atoms with Crippen LogP contribution < -0.4 is 11.3 Å². The molecule has 3 N–H and O–H groups in total. The zero-order chi connectivity index (χ0) is 14.8. The highest BCUT2D eigenvalue weighted by molar-refractivity contribution is 5.78. The summed E-state index contributed by atoms with van der Waals surface area (Å²) in [6.07, 6.45) is 6.44. The van der Waals surface area contributed by atoms with Gasteiger partial charge in [0, 0.05) is 5.39 Å². The summed E-state index contributed by atoms with van der Waals surface area (Å²) in [6.45, 7) is 4.40. The first-order valence-corrected chi connectivity index (χ1v) is 8.19. The number of hydrogen-bond donors (Lipinski definition) is 2. The third-order valence-corrected chi connectivity index (χ3v) is 5.10. The second kappa shape index (κ2) is 6.20. The second-order valence-electron chi connectivity index (χ2n) is 6.45. The Hall–Kier alpha value is -1.32. The van der Waals surface area contributed by atoms with E-state index in [2.05, 4.69) is 43.5 Å². The Morgan fingerprint density at radius 3 is 2.86 bits per heavy atom. The summed E-state index contributed by atoms with van der Waals surface area (Å²) in [4.78, 5) is 0. The molecule has 3 rings (SSSR count). The molecule has 3 atom stereocenters. The molecule has 21 heavy (non-hydrogen) atoms. The van der Waals surface area contributed by atoms with Crippen molar-refractivity contribution in [2.75, 3.05) is 0 Å². The van der Waals surface area contributed by atoms with Crippen LogP contribution in [0.5, 0.6) is 0 Å². The first kappa shape index (κ1) is 14.6. The van der Waals surface area contributed by atoms with E-state index in [0.29, 0.717) is 5.92 Å². The van der Waals surface area contributed by atoms with Crippen molar-refractivity contribution in [1.82, 2.24) is 5.43 Å². The van der Waals surface area contributed by atoms with Crippen molar-refractivity contribution < 1.29 is 4.42 Å². The minimum Gasteiger partial charge on any atom is -0.459 e. The molecule has 1 aromatic carbocycles. The van der Waals surface area contributed by atoms with Crippen molar-refractivity contribution in [2.24, 2.45) is 17.7 Å². The molecule has 114 valence electrons. The van der Waals surface area contributed by atoms with Crippen LogP contribution in [0.3, 0.4) is 0 Å². The SMILES string of the molecule is CCC1CCCCC1C(NN)c1cc2cc(C)ccc2o1. The van der Waals surface area contributed by atoms with Crippen molar-refractivity contribution >= 4 is 11.0 Å². The van der Waals surface area contributed by atoms with Gasteiger partial charge in [0.15, 0.2) is 0 Å². The standard InChI is InChI=1S/C18H26N2O/c1-3-13-6-4-5-7-15(13)18(20-19)17-11-14-10-12(2)8-9-16(14)21-17/h8-11,13,15,18,20H,3-7,19H2,1-2H3. The normalized spacial score (nSPS) is 24.3. The molecule has 0 radical (unpaired) electrons. The molecule has 2 aromatic rings. The van der Waals surface area contributed by atoms with Crippen LogP contribution in [0.1, 0.15) is 56.4 Å². The fraction of sp³-hybridized carbons (Fsp3) is 0.556. The molecule has 1 aliphatic rings. The van der Waals surface area contributed by atoms with Gasteiger partial charge in [-0.3, -0.25) is 5.84 Å². The van der Waals surface area contributed by atoms with Gasteiger partial charge in [0.1, 0.15) is 11.3 Å². The van der Waals surface area contributed by atoms with Gasteiger partial charge in [-0.1, -0.05) is 44.2 Å². The third kappa shape index (κ3) is 2.85. The van der Waals surface area contributed by atoms with Gasteiger partial charge in [-0.25, -0.2) is 5.43 Å². The van der Waals surface area contributed by atoms with Gasteiger partial charge in [0.2, 0.25) is 0 Å². The van der Waals surface area contributed by atoms with Crippen LogP contribution in [0.25, 0.3) is 11.0 Å². The number of fused-ring (bicyclic) bond motifs is 1. The molecule has 0 aliphatic heterocycles. The molecule has 1 heterocycles. The fourth-order valence-corrected chi connectivity index (χ4v) is 3.94. The average Bonchev–Trinajstić information content (AvgIpc) is 2.91. The maximum absolute atomic E-state index is 6.08. The zero-order valence-corrected chi connectivity index (χ0v) is 13.1. The fourth-order valence-electron chi connectivity index (χ4n) is 3.94. The van der Waals surface area contributed by atoms with Gasteiger partial charge in [-0.05, 0) is 43.4 Å². The van der Waals surface area contributed by atoms with Crippen LogP contribution in [0, 0.1) is 18.8 Å². The molecular formula is C18H26N2O. The number of aryl methyl sites for hydroxylation is 1. The van der Waals surface area contributed by atoms with Crippen molar-refractivity contribution in [1.29, 1.82) is 0 Å². The lowest BCUT2D eigenvalue weighted by Crippen LogP contribution is -2.37. The van der Waals surface area contributed by atoms with E-state index in [-0.39, 0.29) is 6.04 Å². The number of hydrogen-bond acceptors (Lipinski definition) is 3. The summed E-state index contributed by atoms with van der Waals surface area (Å²) >= 11 is 0. The summed E-state index contributed by atoms with van der Waals surface area (Å²) in [5, 5.41) is 1.18. The van der Waals surface area contributed by atoms with E-state index < -0.39 is 0 Å². The van der Waals surface area contributed by atoms with E-state index in [9.17, 15) is 0 Å². The van der Waals surface area contributed by atoms with Crippen molar-refractivity contribution in [3.63, 3.8) is 0 Å². The van der Waals surface area contributed by atoms with E-state index >= 15 is 0 Å². The second-order valence-corrected chi connectivity index (χ2v) is 6.45. The molecule has 3 nitrogen and oxygen atoms in total. The Kier molecular flexibility index (Phi) is 4.32. The Balaban J connectivity index is 1.93. The van der Waals surface area contributed by atoms with Gasteiger partial charge in [-0.2, -0.15) is 0 Å². The predicted molar refractivity (Wildman–Crippen MR) is 86.8 cm³/mol. The van der Waals surface area contributed by atoms with Gasteiger partial charge in [0.05, 0.1) is 6.04 Å². The number of hydrazine groups is 1. The van der Waals surface area contributed by atoms with E-state index in [1.807, 2.05) is 0 Å². The summed E-state index contributed by atoms with van der Waals surface area (Å²) in [7, 11) is 0. The molecule has 0 saturated heterocycles. The first-order chi connectivity index (χ1) is 10.2. The summed E-state index contributed by atoms with van der Waals surface area (Å²) in [6, 6.07) is 8.61. The highest BCUT2D eigenvalue weighted by Crippen LogP contribution is 2.41. The summed E-state index contributed by atoms with van der Waals surface area (Å²) in [5.74, 6) is 8.21. The molecule has 1 saturated carbocycles. The lowest BCUT2D eigenvalue weighted by Gasteiger charge is -2.35. The highest BCUT2D eigenvalue weighted by Gasteiger charge is 2.33. The highest BCUT2D eigenvalue weighted by atomic mass is 16.3. The minimum absolute atomic E-state index is 0.128. The van der Waals surface area contributed by atoms with Crippen LogP contribution in [0.15, 0.2) is 28.7 Å². The number of furan rings is 1. The number of rotatable bonds is 4. The zero-order valence-electron chi connectivity index (χ0n) is 13.1. The van der Waals surface area contributed by atoms with E-state index in [0.717, 1.165) is 17.3 Å². The predicted octanol–water partition coefficient (Wildman–Crippen LogP) is 4.46.